The van der Waals surface area contributed by atoms with Gasteiger partial charge in [0.1, 0.15) is 68.3 Å². The maximum atomic E-state index is 12.4. The number of fused-ring (bicyclic) bond motifs is 17. The molecule has 10 aromatic rings. The van der Waals surface area contributed by atoms with Gasteiger partial charge < -0.3 is 53.6 Å². The van der Waals surface area contributed by atoms with Crippen LogP contribution in [0.5, 0.6) is 40.2 Å². The van der Waals surface area contributed by atoms with Crippen LogP contribution in [-0.2, 0) is 51.7 Å². The molecular weight excluding hydrogens is 2040 g/mol. The van der Waals surface area contributed by atoms with Crippen LogP contribution in [0.1, 0.15) is 376 Å². The fourth-order valence-corrected chi connectivity index (χ4v) is 22.7. The molecule has 0 radical (unpaired) electrons. The summed E-state index contributed by atoms with van der Waals surface area (Å²) in [4.78, 5) is 46.1. The molecule has 0 aromatic heterocycles. The molecule has 16 rings (SSSR count). The quantitative estimate of drug-likeness (QED) is 0.0195. The van der Waals surface area contributed by atoms with Gasteiger partial charge in [0.15, 0.2) is 0 Å². The van der Waals surface area contributed by atoms with E-state index in [4.69, 9.17) is 33.2 Å². The highest BCUT2D eigenvalue weighted by Crippen LogP contribution is 2.58. The molecule has 0 bridgehead atoms. The standard InChI is InChI=1S/C26H33IO4.C25H29F3O3.C25H32O3.C23H26O4.C22H26Br2O/c1-24(2,3)11-12-25(4,5)18-14-19-20(22(30-8)21(18)27)16-13-15(23(28)29)9-10-17(16)26(6,7)31-19;1-15(7-5-6-12-25(26,27)28)16(2)17-8-10-19-20-13-18(23(29)30)9-11-21(20)24(3,4)31-22(19)14-17;1-6-7-8-9-16(2)17(3)18-10-12-20-21-14-19(24(26)27)11-13-22(21)25(4,5)28-23(20)15-18;1-4-5-6-7-14-13-19-20(21-16(14)10-11-26-21)17-12-15(22(24)25)8-9-18(17)23(2,3)27-19;1-21(2,11-5-6-12-23)15-7-9-17-18-14-16(24)8-10-19(18)22(3,4)25-20(17)13-15/h9-10,13-14H,11-12H2,1-8H3,(H,28,29);8-11,13-16H,5-7,12H2,1-4H3,(H,29,30);10-17H,6-9H2,1-5H3,(H,26,27);8-9,12-13H,4-7,10-11H2,1-3H3,(H,24,25);7-10,13-14H,5-6,11-12H2,1-4H3. The molecule has 10 aromatic carbocycles. The molecule has 4 N–H and O–H groups in total. The Balaban J connectivity index is 0.000000159. The van der Waals surface area contributed by atoms with E-state index in [1.54, 1.807) is 61.7 Å². The van der Waals surface area contributed by atoms with Crippen LogP contribution < -0.4 is 33.2 Å². The van der Waals surface area contributed by atoms with Crippen LogP contribution in [0, 0.1) is 20.8 Å². The number of rotatable bonds is 29. The number of aromatic carboxylic acids is 4. The van der Waals surface area contributed by atoms with E-state index in [-0.39, 0.29) is 56.8 Å². The Morgan fingerprint density at radius 1 is 0.430 bits per heavy atom. The lowest BCUT2D eigenvalue weighted by Crippen LogP contribution is -2.30. The summed E-state index contributed by atoms with van der Waals surface area (Å²) in [6.07, 6.45) is 13.0. The van der Waals surface area contributed by atoms with E-state index in [2.05, 4.69) is 225 Å². The van der Waals surface area contributed by atoms with Gasteiger partial charge in [0, 0.05) is 72.7 Å². The molecule has 0 amide bonds. The molecular formula is C121H146Br2F3IO15. The van der Waals surface area contributed by atoms with Crippen molar-refractivity contribution in [2.24, 2.45) is 17.3 Å². The van der Waals surface area contributed by atoms with Crippen molar-refractivity contribution in [1.82, 2.24) is 0 Å². The van der Waals surface area contributed by atoms with Gasteiger partial charge in [0.05, 0.1) is 50.7 Å². The number of aryl methyl sites for hydroxylation is 1. The first-order valence-electron chi connectivity index (χ1n) is 50.5. The maximum absolute atomic E-state index is 12.4. The number of alkyl halides is 4. The van der Waals surface area contributed by atoms with Crippen molar-refractivity contribution in [2.45, 2.75) is 332 Å². The lowest BCUT2D eigenvalue weighted by atomic mass is 9.75. The van der Waals surface area contributed by atoms with Crippen LogP contribution in [0.15, 0.2) is 162 Å². The molecule has 0 spiro atoms. The highest BCUT2D eigenvalue weighted by molar-refractivity contribution is 14.1. The SMILES string of the molecule is CC(C)(CCCCBr)c1ccc2c(c1)OC(C)(C)c1ccc(Br)cc1-2.CC(CCCCC(F)(F)F)C(C)c1ccc2c(c1)OC(C)(C)c1ccc(C(=O)O)cc1-2.CCCCCC(C)C(C)c1ccc2c(c1)OC(C)(C)c1ccc(C(=O)O)cc1-2.CCCCCc1cc2c(c3c1CCO3)-c1cc(C(=O)O)ccc1C(C)(C)O2.COc1c(I)c(C(C)(C)CCC(C)(C)C)cc2c1-c1cc(C(=O)O)ccc1C(C)(C)O2. The van der Waals surface area contributed by atoms with Gasteiger partial charge in [-0.3, -0.25) is 0 Å². The van der Waals surface area contributed by atoms with E-state index in [1.165, 1.54) is 102 Å². The van der Waals surface area contributed by atoms with Crippen molar-refractivity contribution in [1.29, 1.82) is 0 Å². The molecule has 21 heteroatoms. The Labute approximate surface area is 870 Å². The van der Waals surface area contributed by atoms with Crippen LogP contribution in [0.2, 0.25) is 0 Å². The summed E-state index contributed by atoms with van der Waals surface area (Å²) in [6.45, 7) is 50.3. The molecule has 0 saturated carbocycles. The molecule has 762 valence electrons. The summed E-state index contributed by atoms with van der Waals surface area (Å²) in [5, 5.41) is 38.9. The number of carboxylic acid groups (broad SMARTS) is 4. The van der Waals surface area contributed by atoms with Crippen molar-refractivity contribution >= 4 is 78.3 Å². The average Bonchev–Trinajstić information content (AvgIpc) is 1.40. The molecule has 6 aliphatic heterocycles. The van der Waals surface area contributed by atoms with Gasteiger partial charge in [0.2, 0.25) is 0 Å². The number of benzene rings is 10. The van der Waals surface area contributed by atoms with Crippen LogP contribution in [0.3, 0.4) is 0 Å². The number of hydrogen-bond donors (Lipinski definition) is 4. The zero-order valence-electron chi connectivity index (χ0n) is 87.5. The first-order valence-corrected chi connectivity index (χ1v) is 53.5. The Hall–Kier alpha value is -9.84. The summed E-state index contributed by atoms with van der Waals surface area (Å²) in [5.74, 6) is 3.47. The highest BCUT2D eigenvalue weighted by Gasteiger charge is 2.44. The molecule has 6 aliphatic rings. The van der Waals surface area contributed by atoms with Crippen molar-refractivity contribution in [3.8, 4) is 95.9 Å². The summed E-state index contributed by atoms with van der Waals surface area (Å²) < 4.78 is 83.1. The van der Waals surface area contributed by atoms with Gasteiger partial charge >= 0.3 is 30.1 Å². The van der Waals surface area contributed by atoms with Crippen LogP contribution in [0.4, 0.5) is 13.2 Å². The number of hydrogen-bond acceptors (Lipinski definition) is 11. The minimum Gasteiger partial charge on any atom is -0.495 e. The van der Waals surface area contributed by atoms with Gasteiger partial charge in [-0.05, 0) is 323 Å². The number of carboxylic acids is 4. The number of carbonyl (C=O) groups is 4. The fourth-order valence-electron chi connectivity index (χ4n) is 20.6. The molecule has 4 unspecified atom stereocenters. The van der Waals surface area contributed by atoms with E-state index in [0.29, 0.717) is 36.2 Å². The van der Waals surface area contributed by atoms with E-state index in [9.17, 15) is 52.8 Å². The maximum Gasteiger partial charge on any atom is 0.389 e. The van der Waals surface area contributed by atoms with E-state index in [0.717, 1.165) is 159 Å². The number of halogens is 6. The minimum absolute atomic E-state index is 0.0667. The van der Waals surface area contributed by atoms with Gasteiger partial charge in [-0.25, -0.2) is 19.2 Å². The number of ether oxygens (including phenoxy) is 7. The van der Waals surface area contributed by atoms with Crippen LogP contribution >= 0.6 is 54.5 Å². The summed E-state index contributed by atoms with van der Waals surface area (Å²) >= 11 is 9.51. The predicted octanol–water partition coefficient (Wildman–Crippen LogP) is 34.9. The molecule has 0 aliphatic carbocycles. The minimum atomic E-state index is -4.09. The Kier molecular flexibility index (Phi) is 34.9. The monoisotopic (exact) mass is 2180 g/mol. The molecule has 6 heterocycles. The van der Waals surface area contributed by atoms with Gasteiger partial charge in [0.25, 0.3) is 0 Å². The van der Waals surface area contributed by atoms with Gasteiger partial charge in [-0.15, -0.1) is 0 Å². The zero-order valence-corrected chi connectivity index (χ0v) is 92.8. The number of unbranched alkanes of at least 4 members (excludes halogenated alkanes) is 6. The van der Waals surface area contributed by atoms with Crippen molar-refractivity contribution < 1.29 is 85.9 Å². The summed E-state index contributed by atoms with van der Waals surface area (Å²) in [5.41, 5.74) is 21.2. The smallest absolute Gasteiger partial charge is 0.389 e. The normalized spacial score (nSPS) is 15.9. The predicted molar refractivity (Wildman–Crippen MR) is 581 cm³/mol. The second-order valence-electron chi connectivity index (χ2n) is 44.5. The van der Waals surface area contributed by atoms with Gasteiger partial charge in [-0.2, -0.15) is 13.2 Å². The Bertz CT molecular complexity index is 6310. The van der Waals surface area contributed by atoms with Gasteiger partial charge in [-0.1, -0.05) is 246 Å². The molecule has 0 saturated heterocycles. The van der Waals surface area contributed by atoms with E-state index >= 15 is 0 Å². The molecule has 15 nitrogen and oxygen atoms in total. The van der Waals surface area contributed by atoms with E-state index in [1.807, 2.05) is 91.8 Å². The fraction of sp³-hybridized carbons (Fsp3) is 0.471. The zero-order chi connectivity index (χ0) is 104. The van der Waals surface area contributed by atoms with E-state index < -0.39 is 58.9 Å². The first-order chi connectivity index (χ1) is 66.5. The lowest BCUT2D eigenvalue weighted by Gasteiger charge is -2.38. The summed E-state index contributed by atoms with van der Waals surface area (Å²) in [6, 6.07) is 50.9. The van der Waals surface area contributed by atoms with Crippen LogP contribution in [0.25, 0.3) is 55.6 Å². The average molecular weight is 2180 g/mol. The molecule has 0 fully saturated rings. The first kappa shape index (κ1) is 111. The Morgan fingerprint density at radius 3 is 1.26 bits per heavy atom. The molecule has 142 heavy (non-hydrogen) atoms. The topological polar surface area (TPSA) is 214 Å². The largest absolute Gasteiger partial charge is 0.495 e. The Morgan fingerprint density at radius 2 is 0.824 bits per heavy atom. The van der Waals surface area contributed by atoms with Crippen LogP contribution in [-0.4, -0.2) is 69.5 Å². The third-order valence-electron chi connectivity index (χ3n) is 29.6. The van der Waals surface area contributed by atoms with Crippen molar-refractivity contribution in [3.63, 3.8) is 0 Å². The third-order valence-corrected chi connectivity index (χ3v) is 31.7. The highest BCUT2D eigenvalue weighted by atomic mass is 127. The van der Waals surface area contributed by atoms with Crippen molar-refractivity contribution in [2.75, 3.05) is 19.0 Å². The third kappa shape index (κ3) is 25.4. The molecule has 4 atom stereocenters. The second-order valence-corrected chi connectivity index (χ2v) is 47.3. The van der Waals surface area contributed by atoms with Crippen molar-refractivity contribution in [3.05, 3.63) is 249 Å². The number of methoxy groups -OCH3 is 1. The summed E-state index contributed by atoms with van der Waals surface area (Å²) in [7, 11) is 1.67. The lowest BCUT2D eigenvalue weighted by molar-refractivity contribution is -0.135. The second kappa shape index (κ2) is 44.6.